The third-order valence-electron chi connectivity index (χ3n) is 6.80. The highest BCUT2D eigenvalue weighted by atomic mass is 32.2. The van der Waals surface area contributed by atoms with Crippen molar-refractivity contribution in [1.82, 2.24) is 14.8 Å². The summed E-state index contributed by atoms with van der Waals surface area (Å²) in [6.45, 7) is 5.17. The van der Waals surface area contributed by atoms with Crippen molar-refractivity contribution >= 4 is 40.2 Å². The minimum Gasteiger partial charge on any atom is -0.378 e. The number of morpholine rings is 1. The summed E-state index contributed by atoms with van der Waals surface area (Å²) in [6, 6.07) is 28.1. The molecular weight excluding hydrogens is 504 g/mol. The van der Waals surface area contributed by atoms with Crippen molar-refractivity contribution in [3.8, 4) is 5.69 Å². The lowest BCUT2D eigenvalue weighted by Gasteiger charge is -2.28. The van der Waals surface area contributed by atoms with E-state index >= 15 is 0 Å². The first-order valence-corrected chi connectivity index (χ1v) is 13.8. The number of pyridine rings is 1. The van der Waals surface area contributed by atoms with Gasteiger partial charge in [-0.05, 0) is 67.6 Å². The average molecular weight is 533 g/mol. The summed E-state index contributed by atoms with van der Waals surface area (Å²) in [5.74, 6) is -0.0434. The van der Waals surface area contributed by atoms with Crippen molar-refractivity contribution in [3.05, 3.63) is 114 Å². The monoisotopic (exact) mass is 532 g/mol. The molecule has 7 heteroatoms. The normalized spacial score (nSPS) is 13.8. The Balaban J connectivity index is 1.33. The van der Waals surface area contributed by atoms with E-state index in [4.69, 9.17) is 9.84 Å². The van der Waals surface area contributed by atoms with E-state index in [0.717, 1.165) is 69.8 Å². The number of hydrogen-bond acceptors (Lipinski definition) is 6. The zero-order chi connectivity index (χ0) is 26.6. The van der Waals surface area contributed by atoms with Crippen LogP contribution in [0, 0.1) is 6.92 Å². The summed E-state index contributed by atoms with van der Waals surface area (Å²) in [4.78, 5) is 21.1. The van der Waals surface area contributed by atoms with Gasteiger partial charge in [-0.15, -0.1) is 0 Å². The van der Waals surface area contributed by atoms with Gasteiger partial charge in [-0.1, -0.05) is 48.2 Å². The van der Waals surface area contributed by atoms with E-state index in [1.54, 1.807) is 17.8 Å². The Hall–Kier alpha value is -4.20. The van der Waals surface area contributed by atoms with Crippen LogP contribution in [-0.2, 0) is 4.74 Å². The quantitative estimate of drug-likeness (QED) is 0.174. The molecular formula is C32H28N4O2S. The Kier molecular flexibility index (Phi) is 7.25. The van der Waals surface area contributed by atoms with E-state index in [1.165, 1.54) is 0 Å². The van der Waals surface area contributed by atoms with Gasteiger partial charge in [0.25, 0.3) is 0 Å². The maximum absolute atomic E-state index is 13.2. The minimum absolute atomic E-state index is 0.0434. The van der Waals surface area contributed by atoms with Gasteiger partial charge < -0.3 is 9.64 Å². The van der Waals surface area contributed by atoms with Gasteiger partial charge in [0.05, 0.1) is 30.1 Å². The van der Waals surface area contributed by atoms with Crippen LogP contribution in [0.2, 0.25) is 0 Å². The number of ketones is 1. The molecule has 0 unspecified atom stereocenters. The molecule has 0 radical (unpaired) electrons. The number of aryl methyl sites for hydroxylation is 1. The molecule has 194 valence electrons. The zero-order valence-electron chi connectivity index (χ0n) is 21.7. The number of benzene rings is 3. The topological polar surface area (TPSA) is 60.2 Å². The van der Waals surface area contributed by atoms with E-state index in [-0.39, 0.29) is 5.78 Å². The highest BCUT2D eigenvalue weighted by molar-refractivity contribution is 7.99. The molecule has 6 rings (SSSR count). The Morgan fingerprint density at radius 1 is 0.897 bits per heavy atom. The molecule has 2 aromatic heterocycles. The van der Waals surface area contributed by atoms with Crippen molar-refractivity contribution in [2.75, 3.05) is 31.2 Å². The fraction of sp³-hybridized carbons (Fsp3) is 0.156. The Bertz CT molecular complexity index is 1630. The molecule has 0 N–H and O–H groups in total. The molecule has 3 aromatic carbocycles. The van der Waals surface area contributed by atoms with Crippen LogP contribution in [0.25, 0.3) is 22.7 Å². The van der Waals surface area contributed by atoms with Gasteiger partial charge in [0.1, 0.15) is 5.03 Å². The number of nitrogens with zero attached hydrogens (tertiary/aromatic N) is 4. The van der Waals surface area contributed by atoms with Crippen LogP contribution < -0.4 is 4.90 Å². The lowest BCUT2D eigenvalue weighted by molar-refractivity contribution is 0.104. The first-order valence-electron chi connectivity index (χ1n) is 13.0. The van der Waals surface area contributed by atoms with E-state index in [9.17, 15) is 4.79 Å². The van der Waals surface area contributed by atoms with Crippen molar-refractivity contribution < 1.29 is 9.53 Å². The predicted octanol–water partition coefficient (Wildman–Crippen LogP) is 6.61. The Morgan fingerprint density at radius 2 is 1.67 bits per heavy atom. The standard InChI is InChI=1S/C32H28N4O2S/c1-23-28(16-17-29(37)24-12-14-26(15-13-24)35-19-21-38-22-20-35)32(36(34-23)27-9-3-2-4-10-27)39-30-11-5-7-25-8-6-18-33-31(25)30/h2-18H,19-22H2,1H3/b17-16+. The van der Waals surface area contributed by atoms with Crippen LogP contribution in [0.3, 0.4) is 0 Å². The van der Waals surface area contributed by atoms with Gasteiger partial charge in [-0.25, -0.2) is 4.68 Å². The summed E-state index contributed by atoms with van der Waals surface area (Å²) in [5.41, 5.74) is 5.43. The van der Waals surface area contributed by atoms with Crippen molar-refractivity contribution in [2.45, 2.75) is 16.8 Å². The van der Waals surface area contributed by atoms with Crippen molar-refractivity contribution in [3.63, 3.8) is 0 Å². The van der Waals surface area contributed by atoms with Gasteiger partial charge in [-0.3, -0.25) is 9.78 Å². The minimum atomic E-state index is -0.0434. The molecule has 0 saturated carbocycles. The third kappa shape index (κ3) is 5.37. The molecule has 6 nitrogen and oxygen atoms in total. The van der Waals surface area contributed by atoms with Crippen LogP contribution in [0.4, 0.5) is 5.69 Å². The maximum Gasteiger partial charge on any atom is 0.185 e. The zero-order valence-corrected chi connectivity index (χ0v) is 22.5. The molecule has 0 amide bonds. The van der Waals surface area contributed by atoms with Gasteiger partial charge >= 0.3 is 0 Å². The third-order valence-corrected chi connectivity index (χ3v) is 7.93. The Morgan fingerprint density at radius 3 is 2.46 bits per heavy atom. The van der Waals surface area contributed by atoms with Crippen LogP contribution in [0.5, 0.6) is 0 Å². The number of anilines is 1. The molecule has 1 fully saturated rings. The molecule has 0 aliphatic carbocycles. The van der Waals surface area contributed by atoms with Gasteiger partial charge in [-0.2, -0.15) is 5.10 Å². The second-order valence-corrected chi connectivity index (χ2v) is 10.4. The molecule has 0 atom stereocenters. The predicted molar refractivity (Wildman–Crippen MR) is 157 cm³/mol. The smallest absolute Gasteiger partial charge is 0.185 e. The van der Waals surface area contributed by atoms with Crippen molar-refractivity contribution in [1.29, 1.82) is 0 Å². The fourth-order valence-corrected chi connectivity index (χ4v) is 5.91. The number of carbonyl (C=O) groups excluding carboxylic acids is 1. The van der Waals surface area contributed by atoms with E-state index in [2.05, 4.69) is 28.1 Å². The SMILES string of the molecule is Cc1nn(-c2ccccc2)c(Sc2cccc3cccnc23)c1/C=C/C(=O)c1ccc(N2CCOCC2)cc1. The van der Waals surface area contributed by atoms with Crippen LogP contribution in [-0.4, -0.2) is 46.9 Å². The lowest BCUT2D eigenvalue weighted by atomic mass is 10.1. The summed E-state index contributed by atoms with van der Waals surface area (Å²) >= 11 is 1.61. The molecule has 1 aliphatic rings. The molecule has 39 heavy (non-hydrogen) atoms. The average Bonchev–Trinajstić information content (AvgIpc) is 3.31. The number of aromatic nitrogens is 3. The van der Waals surface area contributed by atoms with Gasteiger partial charge in [0.2, 0.25) is 0 Å². The van der Waals surface area contributed by atoms with E-state index in [1.807, 2.05) is 90.6 Å². The van der Waals surface area contributed by atoms with E-state index in [0.29, 0.717) is 5.56 Å². The van der Waals surface area contributed by atoms with Crippen LogP contribution in [0.1, 0.15) is 21.6 Å². The van der Waals surface area contributed by atoms with Crippen molar-refractivity contribution in [2.24, 2.45) is 0 Å². The van der Waals surface area contributed by atoms with E-state index < -0.39 is 0 Å². The molecule has 1 aliphatic heterocycles. The number of allylic oxidation sites excluding steroid dienone is 1. The number of rotatable bonds is 7. The summed E-state index contributed by atoms with van der Waals surface area (Å²) in [5, 5.41) is 6.88. The summed E-state index contributed by atoms with van der Waals surface area (Å²) in [6.07, 6.45) is 5.35. The summed E-state index contributed by atoms with van der Waals surface area (Å²) < 4.78 is 7.40. The number of hydrogen-bond donors (Lipinski definition) is 0. The maximum atomic E-state index is 13.2. The molecule has 0 spiro atoms. The first-order chi connectivity index (χ1) is 19.2. The number of carbonyl (C=O) groups is 1. The lowest BCUT2D eigenvalue weighted by Crippen LogP contribution is -2.36. The largest absolute Gasteiger partial charge is 0.378 e. The number of ether oxygens (including phenoxy) is 1. The Labute approximate surface area is 231 Å². The highest BCUT2D eigenvalue weighted by Crippen LogP contribution is 2.37. The molecule has 0 bridgehead atoms. The number of para-hydroxylation sites is 2. The van der Waals surface area contributed by atoms with Gasteiger partial charge in [0, 0.05) is 46.4 Å². The second kappa shape index (κ2) is 11.3. The van der Waals surface area contributed by atoms with Gasteiger partial charge in [0.15, 0.2) is 5.78 Å². The number of fused-ring (bicyclic) bond motifs is 1. The molecule has 5 aromatic rings. The summed E-state index contributed by atoms with van der Waals surface area (Å²) in [7, 11) is 0. The highest BCUT2D eigenvalue weighted by Gasteiger charge is 2.18. The van der Waals surface area contributed by atoms with Crippen LogP contribution in [0.15, 0.2) is 107 Å². The first kappa shape index (κ1) is 25.1. The molecule has 3 heterocycles. The fourth-order valence-electron chi connectivity index (χ4n) is 4.73. The molecule has 1 saturated heterocycles. The second-order valence-electron chi connectivity index (χ2n) is 9.33. The van der Waals surface area contributed by atoms with Crippen LogP contribution >= 0.6 is 11.8 Å².